The van der Waals surface area contributed by atoms with Gasteiger partial charge in [-0.25, -0.2) is 4.68 Å². The standard InChI is InChI=1S/C19H14BN3O/c20-19(23-17-8-4-3-7-16(17)21-22-23)12-11-14-10-9-13-5-1-2-6-15(13)18(14)24-19/h1-12H,20H2. The van der Waals surface area contributed by atoms with Crippen molar-refractivity contribution in [1.29, 1.82) is 0 Å². The second-order valence-electron chi connectivity index (χ2n) is 6.19. The zero-order chi connectivity index (χ0) is 16.1. The van der Waals surface area contributed by atoms with Crippen LogP contribution in [0.4, 0.5) is 0 Å². The van der Waals surface area contributed by atoms with Crippen LogP contribution in [0.1, 0.15) is 5.56 Å². The van der Waals surface area contributed by atoms with Crippen molar-refractivity contribution in [3.8, 4) is 5.75 Å². The van der Waals surface area contributed by atoms with Gasteiger partial charge in [0.05, 0.1) is 5.52 Å². The number of aromatic nitrogens is 3. The van der Waals surface area contributed by atoms with Crippen molar-refractivity contribution >= 4 is 35.7 Å². The number of hydrogen-bond donors (Lipinski definition) is 0. The van der Waals surface area contributed by atoms with Gasteiger partial charge in [-0.05, 0) is 23.6 Å². The van der Waals surface area contributed by atoms with Crippen LogP contribution < -0.4 is 4.74 Å². The second-order valence-corrected chi connectivity index (χ2v) is 6.19. The fourth-order valence-corrected chi connectivity index (χ4v) is 3.30. The van der Waals surface area contributed by atoms with Gasteiger partial charge in [-0.15, -0.1) is 5.10 Å². The molecule has 24 heavy (non-hydrogen) atoms. The molecular weight excluding hydrogens is 297 g/mol. The van der Waals surface area contributed by atoms with Gasteiger partial charge in [0.1, 0.15) is 11.3 Å². The van der Waals surface area contributed by atoms with E-state index in [1.165, 1.54) is 0 Å². The number of hydrogen-bond acceptors (Lipinski definition) is 3. The number of nitrogens with zero attached hydrogens (tertiary/aromatic N) is 3. The third-order valence-electron chi connectivity index (χ3n) is 4.56. The first-order chi connectivity index (χ1) is 11.7. The summed E-state index contributed by atoms with van der Waals surface area (Å²) in [5.41, 5.74) is 2.18. The lowest BCUT2D eigenvalue weighted by Gasteiger charge is -2.33. The summed E-state index contributed by atoms with van der Waals surface area (Å²) in [6.45, 7) is 0. The van der Waals surface area contributed by atoms with E-state index in [0.29, 0.717) is 0 Å². The topological polar surface area (TPSA) is 39.9 Å². The highest BCUT2D eigenvalue weighted by molar-refractivity contribution is 6.15. The molecule has 0 amide bonds. The van der Waals surface area contributed by atoms with Crippen LogP contribution in [0.5, 0.6) is 5.75 Å². The van der Waals surface area contributed by atoms with E-state index in [2.05, 4.69) is 40.7 Å². The summed E-state index contributed by atoms with van der Waals surface area (Å²) in [6.07, 6.45) is 4.13. The number of benzene rings is 3. The normalized spacial score (nSPS) is 19.3. The molecule has 0 bridgehead atoms. The van der Waals surface area contributed by atoms with E-state index in [-0.39, 0.29) is 0 Å². The average Bonchev–Trinajstić information content (AvgIpc) is 3.06. The molecular formula is C19H14BN3O. The molecule has 1 atom stereocenters. The Labute approximate surface area is 139 Å². The summed E-state index contributed by atoms with van der Waals surface area (Å²) >= 11 is 0. The monoisotopic (exact) mass is 311 g/mol. The van der Waals surface area contributed by atoms with Gasteiger partial charge in [0.2, 0.25) is 0 Å². The average molecular weight is 311 g/mol. The molecule has 1 unspecified atom stereocenters. The molecule has 0 saturated heterocycles. The maximum atomic E-state index is 6.46. The van der Waals surface area contributed by atoms with E-state index < -0.39 is 5.62 Å². The summed E-state index contributed by atoms with van der Waals surface area (Å²) in [5, 5.41) is 10.9. The van der Waals surface area contributed by atoms with Crippen LogP contribution in [0.3, 0.4) is 0 Å². The first-order valence-corrected chi connectivity index (χ1v) is 7.96. The molecule has 0 radical (unpaired) electrons. The Morgan fingerprint density at radius 1 is 0.958 bits per heavy atom. The van der Waals surface area contributed by atoms with Crippen LogP contribution in [0.15, 0.2) is 66.7 Å². The van der Waals surface area contributed by atoms with Gasteiger partial charge in [-0.2, -0.15) is 0 Å². The van der Waals surface area contributed by atoms with E-state index in [9.17, 15) is 0 Å². The highest BCUT2D eigenvalue weighted by atomic mass is 16.5. The van der Waals surface area contributed by atoms with Crippen molar-refractivity contribution < 1.29 is 4.74 Å². The SMILES string of the molecule is BC1(n2nnc3ccccc32)C=Cc2ccc3ccccc3c2O1. The first-order valence-electron chi connectivity index (χ1n) is 7.96. The van der Waals surface area contributed by atoms with E-state index in [1.807, 2.05) is 55.0 Å². The molecule has 2 heterocycles. The maximum Gasteiger partial charge on any atom is 0.194 e. The zero-order valence-corrected chi connectivity index (χ0v) is 13.2. The van der Waals surface area contributed by atoms with E-state index in [4.69, 9.17) is 4.74 Å². The highest BCUT2D eigenvalue weighted by Gasteiger charge is 2.32. The van der Waals surface area contributed by atoms with Gasteiger partial charge >= 0.3 is 0 Å². The fraction of sp³-hybridized carbons (Fsp3) is 0.0526. The predicted octanol–water partition coefficient (Wildman–Crippen LogP) is 2.93. The van der Waals surface area contributed by atoms with Crippen LogP contribution in [0.2, 0.25) is 0 Å². The molecule has 0 saturated carbocycles. The smallest absolute Gasteiger partial charge is 0.194 e. The summed E-state index contributed by atoms with van der Waals surface area (Å²) in [7, 11) is 2.01. The Morgan fingerprint density at radius 3 is 2.75 bits per heavy atom. The third-order valence-corrected chi connectivity index (χ3v) is 4.56. The van der Waals surface area contributed by atoms with E-state index in [1.54, 1.807) is 0 Å². The van der Waals surface area contributed by atoms with Crippen molar-refractivity contribution in [2.24, 2.45) is 0 Å². The number of fused-ring (bicyclic) bond motifs is 4. The van der Waals surface area contributed by atoms with Crippen molar-refractivity contribution in [1.82, 2.24) is 15.0 Å². The maximum absolute atomic E-state index is 6.46. The number of para-hydroxylation sites is 1. The van der Waals surface area contributed by atoms with E-state index in [0.717, 1.165) is 33.1 Å². The lowest BCUT2D eigenvalue weighted by Crippen LogP contribution is -2.40. The Hall–Kier alpha value is -3.08. The third kappa shape index (κ3) is 1.81. The molecule has 5 rings (SSSR count). The van der Waals surface area contributed by atoms with E-state index >= 15 is 0 Å². The molecule has 4 nitrogen and oxygen atoms in total. The first kappa shape index (κ1) is 13.4. The lowest BCUT2D eigenvalue weighted by molar-refractivity contribution is 0.120. The van der Waals surface area contributed by atoms with Gasteiger partial charge in [0.15, 0.2) is 13.5 Å². The molecule has 0 fully saturated rings. The molecule has 5 heteroatoms. The van der Waals surface area contributed by atoms with Crippen molar-refractivity contribution in [2.45, 2.75) is 5.62 Å². The van der Waals surface area contributed by atoms with Crippen LogP contribution in [-0.4, -0.2) is 22.8 Å². The number of ether oxygens (including phenoxy) is 1. The largest absolute Gasteiger partial charge is 0.470 e. The zero-order valence-electron chi connectivity index (χ0n) is 13.2. The minimum absolute atomic E-state index is 0.715. The van der Waals surface area contributed by atoms with Crippen molar-refractivity contribution in [3.05, 3.63) is 72.3 Å². The Kier molecular flexibility index (Phi) is 2.62. The van der Waals surface area contributed by atoms with Gasteiger partial charge in [0.25, 0.3) is 0 Å². The minimum atomic E-state index is -0.715. The predicted molar refractivity (Wildman–Crippen MR) is 97.7 cm³/mol. The van der Waals surface area contributed by atoms with Gasteiger partial charge in [-0.3, -0.25) is 0 Å². The summed E-state index contributed by atoms with van der Waals surface area (Å²) < 4.78 is 8.30. The Morgan fingerprint density at radius 2 is 1.79 bits per heavy atom. The molecule has 0 N–H and O–H groups in total. The molecule has 4 aromatic rings. The summed E-state index contributed by atoms with van der Waals surface area (Å²) in [4.78, 5) is 0. The van der Waals surface area contributed by atoms with Gasteiger partial charge < -0.3 is 4.74 Å². The molecule has 114 valence electrons. The Balaban J connectivity index is 1.72. The summed E-state index contributed by atoms with van der Waals surface area (Å²) in [6, 6.07) is 20.4. The van der Waals surface area contributed by atoms with Crippen LogP contribution in [-0.2, 0) is 5.62 Å². The van der Waals surface area contributed by atoms with Crippen LogP contribution in [0.25, 0.3) is 27.9 Å². The van der Waals surface area contributed by atoms with Gasteiger partial charge in [-0.1, -0.05) is 59.8 Å². The molecule has 1 aliphatic heterocycles. The van der Waals surface area contributed by atoms with Crippen molar-refractivity contribution in [3.63, 3.8) is 0 Å². The molecule has 3 aromatic carbocycles. The van der Waals surface area contributed by atoms with Crippen molar-refractivity contribution in [2.75, 3.05) is 0 Å². The number of rotatable bonds is 1. The Bertz CT molecular complexity index is 1120. The highest BCUT2D eigenvalue weighted by Crippen LogP contribution is 2.38. The summed E-state index contributed by atoms with van der Waals surface area (Å²) in [5.74, 6) is 0.887. The lowest BCUT2D eigenvalue weighted by atomic mass is 9.87. The van der Waals surface area contributed by atoms with Crippen LogP contribution in [0, 0.1) is 0 Å². The minimum Gasteiger partial charge on any atom is -0.470 e. The second kappa shape index (κ2) is 4.71. The quantitative estimate of drug-likeness (QED) is 0.507. The fourth-order valence-electron chi connectivity index (χ4n) is 3.30. The molecule has 1 aromatic heterocycles. The van der Waals surface area contributed by atoms with Gasteiger partial charge in [0, 0.05) is 10.9 Å². The molecule has 1 aliphatic rings. The molecule has 0 aliphatic carbocycles. The molecule has 0 spiro atoms. The van der Waals surface area contributed by atoms with Crippen LogP contribution >= 0.6 is 0 Å².